The summed E-state index contributed by atoms with van der Waals surface area (Å²) in [6.45, 7) is 9.52. The fourth-order valence-corrected chi connectivity index (χ4v) is 4.88. The molecule has 2 aliphatic heterocycles. The van der Waals surface area contributed by atoms with E-state index in [1.54, 1.807) is 30.6 Å². The number of sulfonamides is 2. The van der Waals surface area contributed by atoms with E-state index in [1.807, 2.05) is 0 Å². The summed E-state index contributed by atoms with van der Waals surface area (Å²) < 4.78 is 56.3. The lowest BCUT2D eigenvalue weighted by Gasteiger charge is -2.35. The molecule has 43 heavy (non-hydrogen) atoms. The molecular weight excluding hydrogens is 608 g/mol. The summed E-state index contributed by atoms with van der Waals surface area (Å²) in [5.74, 6) is 0.212. The van der Waals surface area contributed by atoms with Gasteiger partial charge in [-0.2, -0.15) is 9.36 Å². The number of ether oxygens (including phenoxy) is 1. The number of nitrogens with zero attached hydrogens (tertiary/aromatic N) is 7. The molecule has 2 aliphatic rings. The van der Waals surface area contributed by atoms with Crippen molar-refractivity contribution in [1.82, 2.24) is 39.6 Å². The first kappa shape index (κ1) is 33.6. The Labute approximate surface area is 250 Å². The van der Waals surface area contributed by atoms with Crippen LogP contribution in [0, 0.1) is 0 Å². The quantitative estimate of drug-likeness (QED) is 0.399. The van der Waals surface area contributed by atoms with Crippen LogP contribution in [0.1, 0.15) is 20.8 Å². The maximum atomic E-state index is 12.4. The van der Waals surface area contributed by atoms with Crippen molar-refractivity contribution in [2.75, 3.05) is 74.3 Å². The van der Waals surface area contributed by atoms with Crippen molar-refractivity contribution in [2.45, 2.75) is 26.4 Å². The Morgan fingerprint density at radius 2 is 1.14 bits per heavy atom. The van der Waals surface area contributed by atoms with Crippen LogP contribution < -0.4 is 14.8 Å². The summed E-state index contributed by atoms with van der Waals surface area (Å²) in [6, 6.07) is 2.21. The molecule has 2 saturated heterocycles. The molecule has 0 unspecified atom stereocenters. The van der Waals surface area contributed by atoms with Gasteiger partial charge in [-0.15, -0.1) is 10.2 Å². The van der Waals surface area contributed by atoms with Crippen LogP contribution in [0.3, 0.4) is 0 Å². The molecule has 18 nitrogen and oxygen atoms in total. The molecular formula is C23H38N10O8S2. The Morgan fingerprint density at radius 1 is 0.744 bits per heavy atom. The average molecular weight is 647 g/mol. The third-order valence-electron chi connectivity index (χ3n) is 5.74. The van der Waals surface area contributed by atoms with Gasteiger partial charge >= 0.3 is 18.2 Å². The van der Waals surface area contributed by atoms with Gasteiger partial charge in [-0.3, -0.25) is 9.44 Å². The van der Waals surface area contributed by atoms with E-state index in [9.17, 15) is 31.2 Å². The molecule has 4 rings (SSSR count). The fraction of sp³-hybridized carbons (Fsp3) is 0.609. The summed E-state index contributed by atoms with van der Waals surface area (Å²) in [7, 11) is -6.83. The first-order chi connectivity index (χ1) is 19.9. The minimum absolute atomic E-state index is 0.0724. The summed E-state index contributed by atoms with van der Waals surface area (Å²) in [4.78, 5) is 41.2. The SMILES string of the molecule is CC(C)(C)OC(=O)N1CCN(C(=O)n2ccc(NS(C)(=O)=O)n2)CC1.CS(=O)(=O)Nc1ccn(C(=O)N2CCNCC2)n1. The second-order valence-corrected chi connectivity index (χ2v) is 14.3. The highest BCUT2D eigenvalue weighted by atomic mass is 32.2. The van der Waals surface area contributed by atoms with Crippen molar-refractivity contribution in [2.24, 2.45) is 0 Å². The molecule has 0 bridgehead atoms. The number of amides is 3. The Kier molecular flexibility index (Phi) is 10.6. The monoisotopic (exact) mass is 646 g/mol. The van der Waals surface area contributed by atoms with E-state index in [1.165, 1.54) is 29.4 Å². The van der Waals surface area contributed by atoms with Gasteiger partial charge in [0.2, 0.25) is 20.0 Å². The largest absolute Gasteiger partial charge is 0.444 e. The molecule has 2 aromatic rings. The van der Waals surface area contributed by atoms with Gasteiger partial charge in [-0.05, 0) is 20.8 Å². The number of nitrogens with one attached hydrogen (secondary N) is 3. The number of rotatable bonds is 4. The van der Waals surface area contributed by atoms with Crippen LogP contribution in [-0.4, -0.2) is 140 Å². The first-order valence-electron chi connectivity index (χ1n) is 13.2. The molecule has 2 fully saturated rings. The molecule has 0 saturated carbocycles. The average Bonchev–Trinajstić information content (AvgIpc) is 3.55. The Balaban J connectivity index is 0.000000248. The van der Waals surface area contributed by atoms with E-state index in [0.29, 0.717) is 39.3 Å². The van der Waals surface area contributed by atoms with Gasteiger partial charge in [-0.25, -0.2) is 31.2 Å². The number of aromatic nitrogens is 4. The predicted molar refractivity (Wildman–Crippen MR) is 157 cm³/mol. The lowest BCUT2D eigenvalue weighted by molar-refractivity contribution is 0.0169. The Morgan fingerprint density at radius 3 is 1.53 bits per heavy atom. The number of carbonyl (C=O) groups is 3. The highest BCUT2D eigenvalue weighted by Gasteiger charge is 2.28. The molecule has 240 valence electrons. The first-order valence-corrected chi connectivity index (χ1v) is 17.0. The maximum Gasteiger partial charge on any atom is 0.410 e. The van der Waals surface area contributed by atoms with Crippen molar-refractivity contribution < 1.29 is 36.0 Å². The molecule has 0 atom stereocenters. The summed E-state index contributed by atoms with van der Waals surface area (Å²) in [6.07, 6.45) is 4.46. The lowest BCUT2D eigenvalue weighted by atomic mass is 10.2. The molecule has 2 aromatic heterocycles. The van der Waals surface area contributed by atoms with Crippen LogP contribution in [0.5, 0.6) is 0 Å². The maximum absolute atomic E-state index is 12.4. The van der Waals surface area contributed by atoms with Crippen LogP contribution in [0.2, 0.25) is 0 Å². The van der Waals surface area contributed by atoms with Crippen molar-refractivity contribution in [3.63, 3.8) is 0 Å². The molecule has 3 amide bonds. The van der Waals surface area contributed by atoms with Crippen LogP contribution in [0.25, 0.3) is 0 Å². The minimum Gasteiger partial charge on any atom is -0.444 e. The van der Waals surface area contributed by atoms with Gasteiger partial charge in [-0.1, -0.05) is 0 Å². The normalized spacial score (nSPS) is 16.2. The number of anilines is 2. The molecule has 0 spiro atoms. The van der Waals surface area contributed by atoms with Crippen molar-refractivity contribution in [3.8, 4) is 0 Å². The zero-order valence-corrected chi connectivity index (χ0v) is 26.3. The lowest BCUT2D eigenvalue weighted by Crippen LogP contribution is -2.52. The summed E-state index contributed by atoms with van der Waals surface area (Å²) in [5, 5.41) is 10.9. The second-order valence-electron chi connectivity index (χ2n) is 10.8. The predicted octanol–water partition coefficient (Wildman–Crippen LogP) is -0.0967. The van der Waals surface area contributed by atoms with E-state index in [-0.39, 0.29) is 23.7 Å². The molecule has 3 N–H and O–H groups in total. The van der Waals surface area contributed by atoms with Crippen molar-refractivity contribution in [1.29, 1.82) is 0 Å². The Bertz CT molecular complexity index is 1500. The molecule has 0 aromatic carbocycles. The number of hydrogen-bond acceptors (Lipinski definition) is 11. The molecule has 0 radical (unpaired) electrons. The van der Waals surface area contributed by atoms with E-state index < -0.39 is 31.7 Å². The van der Waals surface area contributed by atoms with Gasteiger partial charge in [0.05, 0.1) is 12.5 Å². The van der Waals surface area contributed by atoms with E-state index in [4.69, 9.17) is 4.74 Å². The zero-order valence-electron chi connectivity index (χ0n) is 24.7. The third-order valence-corrected chi connectivity index (χ3v) is 6.90. The van der Waals surface area contributed by atoms with Gasteiger partial charge < -0.3 is 24.8 Å². The van der Waals surface area contributed by atoms with E-state index >= 15 is 0 Å². The van der Waals surface area contributed by atoms with Gasteiger partial charge in [0.15, 0.2) is 11.6 Å². The number of hydrogen-bond donors (Lipinski definition) is 3. The molecule has 0 aliphatic carbocycles. The van der Waals surface area contributed by atoms with Crippen LogP contribution in [-0.2, 0) is 24.8 Å². The van der Waals surface area contributed by atoms with E-state index in [2.05, 4.69) is 25.0 Å². The highest BCUT2D eigenvalue weighted by Crippen LogP contribution is 2.13. The third kappa shape index (κ3) is 11.0. The van der Waals surface area contributed by atoms with Gasteiger partial charge in [0, 0.05) is 76.9 Å². The van der Waals surface area contributed by atoms with Crippen LogP contribution >= 0.6 is 0 Å². The van der Waals surface area contributed by atoms with Crippen molar-refractivity contribution >= 4 is 49.8 Å². The second kappa shape index (κ2) is 13.6. The minimum atomic E-state index is -3.46. The molecule has 20 heteroatoms. The van der Waals surface area contributed by atoms with Crippen LogP contribution in [0.15, 0.2) is 24.5 Å². The van der Waals surface area contributed by atoms with Crippen LogP contribution in [0.4, 0.5) is 26.0 Å². The van der Waals surface area contributed by atoms with Gasteiger partial charge in [0.25, 0.3) is 0 Å². The highest BCUT2D eigenvalue weighted by molar-refractivity contribution is 7.92. The standard InChI is InChI=1S/C14H23N5O5S.C9H15N5O3S/c1-14(2,3)24-13(21)18-9-7-17(8-10-18)12(20)19-6-5-11(15-19)16-25(4,22)23;1-18(16,17)12-8-2-5-14(11-8)9(15)13-6-3-10-4-7-13/h5-6H,7-10H2,1-4H3,(H,15,16);2,5,10H,3-4,6-7H2,1H3,(H,11,12). The summed E-state index contributed by atoms with van der Waals surface area (Å²) in [5.41, 5.74) is -0.567. The van der Waals surface area contributed by atoms with E-state index in [0.717, 1.165) is 35.0 Å². The zero-order chi connectivity index (χ0) is 32.0. The molecule has 4 heterocycles. The summed E-state index contributed by atoms with van der Waals surface area (Å²) >= 11 is 0. The topological polar surface area (TPSA) is 210 Å². The van der Waals surface area contributed by atoms with Gasteiger partial charge in [0.1, 0.15) is 5.60 Å². The fourth-order valence-electron chi connectivity index (χ4n) is 3.90. The van der Waals surface area contributed by atoms with Crippen molar-refractivity contribution in [3.05, 3.63) is 24.5 Å². The number of piperazine rings is 2. The Hall–Kier alpha value is -3.91. The smallest absolute Gasteiger partial charge is 0.410 e. The number of carbonyl (C=O) groups excluding carboxylic acids is 3.